The lowest BCUT2D eigenvalue weighted by atomic mass is 10.1. The molecule has 0 aliphatic heterocycles. The predicted octanol–water partition coefficient (Wildman–Crippen LogP) is 2.23. The predicted molar refractivity (Wildman–Crippen MR) is 74.3 cm³/mol. The number of carbonyl (C=O) groups is 1. The lowest BCUT2D eigenvalue weighted by Crippen LogP contribution is -2.28. The van der Waals surface area contributed by atoms with Crippen molar-refractivity contribution in [1.29, 1.82) is 0 Å². The molecular formula is C15H15NO3. The van der Waals surface area contributed by atoms with E-state index in [1.54, 1.807) is 18.2 Å². The Hall–Kier alpha value is -2.49. The van der Waals surface area contributed by atoms with Gasteiger partial charge in [0.2, 0.25) is 0 Å². The van der Waals surface area contributed by atoms with Crippen LogP contribution in [0.15, 0.2) is 49.1 Å². The molecule has 0 heterocycles. The van der Waals surface area contributed by atoms with Crippen LogP contribution in [0.25, 0.3) is 10.8 Å². The second-order valence-corrected chi connectivity index (χ2v) is 4.05. The van der Waals surface area contributed by atoms with Crippen molar-refractivity contribution in [3.8, 4) is 11.5 Å². The Labute approximate surface area is 111 Å². The van der Waals surface area contributed by atoms with Gasteiger partial charge in [0.1, 0.15) is 0 Å². The lowest BCUT2D eigenvalue weighted by Gasteiger charge is -2.09. The minimum absolute atomic E-state index is 0.0234. The molecule has 0 aliphatic carbocycles. The van der Waals surface area contributed by atoms with Gasteiger partial charge in [-0.05, 0) is 22.9 Å². The second-order valence-electron chi connectivity index (χ2n) is 4.05. The zero-order chi connectivity index (χ0) is 13.7. The molecule has 0 aliphatic rings. The van der Waals surface area contributed by atoms with Crippen LogP contribution in [0.2, 0.25) is 0 Å². The maximum atomic E-state index is 11.4. The van der Waals surface area contributed by atoms with Crippen LogP contribution in [-0.2, 0) is 4.79 Å². The van der Waals surface area contributed by atoms with Crippen molar-refractivity contribution >= 4 is 16.7 Å². The van der Waals surface area contributed by atoms with Gasteiger partial charge in [0.25, 0.3) is 5.91 Å². The first-order valence-corrected chi connectivity index (χ1v) is 5.93. The summed E-state index contributed by atoms with van der Waals surface area (Å²) >= 11 is 0. The molecule has 0 saturated carbocycles. The van der Waals surface area contributed by atoms with Crippen molar-refractivity contribution < 1.29 is 14.6 Å². The number of fused-ring (bicyclic) bond motifs is 1. The first-order chi connectivity index (χ1) is 9.20. The summed E-state index contributed by atoms with van der Waals surface area (Å²) in [6.07, 6.45) is 1.59. The highest BCUT2D eigenvalue weighted by Gasteiger charge is 2.07. The van der Waals surface area contributed by atoms with Crippen molar-refractivity contribution in [2.45, 2.75) is 0 Å². The number of hydrogen-bond acceptors (Lipinski definition) is 3. The van der Waals surface area contributed by atoms with E-state index in [9.17, 15) is 9.90 Å². The summed E-state index contributed by atoms with van der Waals surface area (Å²) in [7, 11) is 0. The Morgan fingerprint density at radius 1 is 1.32 bits per heavy atom. The van der Waals surface area contributed by atoms with E-state index < -0.39 is 0 Å². The van der Waals surface area contributed by atoms with Crippen molar-refractivity contribution in [2.24, 2.45) is 0 Å². The third-order valence-corrected chi connectivity index (χ3v) is 2.63. The number of nitrogens with one attached hydrogen (secondary N) is 1. The van der Waals surface area contributed by atoms with Gasteiger partial charge < -0.3 is 15.2 Å². The molecule has 0 radical (unpaired) electrons. The van der Waals surface area contributed by atoms with Crippen molar-refractivity contribution in [3.05, 3.63) is 49.1 Å². The summed E-state index contributed by atoms with van der Waals surface area (Å²) in [6, 6.07) is 10.9. The smallest absolute Gasteiger partial charge is 0.258 e. The standard InChI is InChI=1S/C15H15NO3/c1-2-7-16-15(18)10-19-14-9-12-6-4-3-5-11(12)8-13(14)17/h2-6,8-9,17H,1,7,10H2,(H,16,18). The number of phenolic OH excluding ortho intramolecular Hbond substituents is 1. The Kier molecular flexibility index (Phi) is 4.03. The van der Waals surface area contributed by atoms with Crippen molar-refractivity contribution in [3.63, 3.8) is 0 Å². The Morgan fingerprint density at radius 2 is 2.00 bits per heavy atom. The average molecular weight is 257 g/mol. The molecule has 0 fully saturated rings. The lowest BCUT2D eigenvalue weighted by molar-refractivity contribution is -0.122. The molecule has 4 heteroatoms. The van der Waals surface area contributed by atoms with E-state index in [1.807, 2.05) is 24.3 Å². The fourth-order valence-electron chi connectivity index (χ4n) is 1.70. The topological polar surface area (TPSA) is 58.6 Å². The molecule has 2 N–H and O–H groups in total. The molecule has 0 bridgehead atoms. The summed E-state index contributed by atoms with van der Waals surface area (Å²) < 4.78 is 5.31. The average Bonchev–Trinajstić information content (AvgIpc) is 2.42. The van der Waals surface area contributed by atoms with Crippen LogP contribution in [0.1, 0.15) is 0 Å². The van der Waals surface area contributed by atoms with Gasteiger partial charge in [-0.1, -0.05) is 30.3 Å². The van der Waals surface area contributed by atoms with Crippen LogP contribution in [0.4, 0.5) is 0 Å². The molecule has 2 aromatic carbocycles. The molecule has 0 saturated heterocycles. The minimum Gasteiger partial charge on any atom is -0.504 e. The van der Waals surface area contributed by atoms with E-state index >= 15 is 0 Å². The number of carbonyl (C=O) groups excluding carboxylic acids is 1. The van der Waals surface area contributed by atoms with E-state index in [0.29, 0.717) is 12.3 Å². The van der Waals surface area contributed by atoms with Gasteiger partial charge in [-0.2, -0.15) is 0 Å². The zero-order valence-corrected chi connectivity index (χ0v) is 10.4. The molecule has 0 unspecified atom stereocenters. The highest BCUT2D eigenvalue weighted by Crippen LogP contribution is 2.31. The SMILES string of the molecule is C=CCNC(=O)COc1cc2ccccc2cc1O. The first-order valence-electron chi connectivity index (χ1n) is 5.93. The zero-order valence-electron chi connectivity index (χ0n) is 10.4. The van der Waals surface area contributed by atoms with Gasteiger partial charge in [-0.3, -0.25) is 4.79 Å². The molecule has 0 atom stereocenters. The Morgan fingerprint density at radius 3 is 2.68 bits per heavy atom. The van der Waals surface area contributed by atoms with Gasteiger partial charge in [0.15, 0.2) is 18.1 Å². The number of ether oxygens (including phenoxy) is 1. The fourth-order valence-corrected chi connectivity index (χ4v) is 1.70. The summed E-state index contributed by atoms with van der Waals surface area (Å²) in [5, 5.41) is 14.3. The molecule has 4 nitrogen and oxygen atoms in total. The first kappa shape index (κ1) is 13.0. The number of amides is 1. The number of hydrogen-bond donors (Lipinski definition) is 2. The minimum atomic E-state index is -0.257. The largest absolute Gasteiger partial charge is 0.504 e. The monoisotopic (exact) mass is 257 g/mol. The fraction of sp³-hybridized carbons (Fsp3) is 0.133. The van der Waals surface area contributed by atoms with E-state index in [1.165, 1.54) is 0 Å². The van der Waals surface area contributed by atoms with Gasteiger partial charge >= 0.3 is 0 Å². The molecule has 2 rings (SSSR count). The van der Waals surface area contributed by atoms with Crippen LogP contribution in [0.5, 0.6) is 11.5 Å². The number of phenols is 1. The highest BCUT2D eigenvalue weighted by atomic mass is 16.5. The van der Waals surface area contributed by atoms with Gasteiger partial charge in [-0.25, -0.2) is 0 Å². The maximum Gasteiger partial charge on any atom is 0.258 e. The van der Waals surface area contributed by atoms with E-state index in [0.717, 1.165) is 10.8 Å². The van der Waals surface area contributed by atoms with Gasteiger partial charge in [0, 0.05) is 6.54 Å². The Bertz CT molecular complexity index is 607. The molecule has 98 valence electrons. The normalized spacial score (nSPS) is 10.1. The summed E-state index contributed by atoms with van der Waals surface area (Å²) in [5.74, 6) is 0.0649. The van der Waals surface area contributed by atoms with Crippen molar-refractivity contribution in [1.82, 2.24) is 5.32 Å². The number of aromatic hydroxyl groups is 1. The molecule has 0 aromatic heterocycles. The molecule has 1 amide bonds. The van der Waals surface area contributed by atoms with E-state index in [2.05, 4.69) is 11.9 Å². The second kappa shape index (κ2) is 5.91. The van der Waals surface area contributed by atoms with Crippen molar-refractivity contribution in [2.75, 3.05) is 13.2 Å². The molecule has 2 aromatic rings. The van der Waals surface area contributed by atoms with Crippen LogP contribution < -0.4 is 10.1 Å². The Balaban J connectivity index is 2.10. The van der Waals surface area contributed by atoms with Gasteiger partial charge in [-0.15, -0.1) is 6.58 Å². The molecular weight excluding hydrogens is 242 g/mol. The quantitative estimate of drug-likeness (QED) is 0.807. The van der Waals surface area contributed by atoms with Crippen LogP contribution in [-0.4, -0.2) is 24.2 Å². The van der Waals surface area contributed by atoms with E-state index in [-0.39, 0.29) is 18.3 Å². The number of benzene rings is 2. The summed E-state index contributed by atoms with van der Waals surface area (Å²) in [4.78, 5) is 11.4. The van der Waals surface area contributed by atoms with Crippen LogP contribution in [0, 0.1) is 0 Å². The van der Waals surface area contributed by atoms with Crippen LogP contribution >= 0.6 is 0 Å². The maximum absolute atomic E-state index is 11.4. The molecule has 19 heavy (non-hydrogen) atoms. The summed E-state index contributed by atoms with van der Waals surface area (Å²) in [6.45, 7) is 3.76. The summed E-state index contributed by atoms with van der Waals surface area (Å²) in [5.41, 5.74) is 0. The molecule has 0 spiro atoms. The third kappa shape index (κ3) is 3.25. The van der Waals surface area contributed by atoms with E-state index in [4.69, 9.17) is 4.74 Å². The third-order valence-electron chi connectivity index (χ3n) is 2.63. The number of rotatable bonds is 5. The van der Waals surface area contributed by atoms with Gasteiger partial charge in [0.05, 0.1) is 0 Å². The highest BCUT2D eigenvalue weighted by molar-refractivity contribution is 5.86. The van der Waals surface area contributed by atoms with Crippen LogP contribution in [0.3, 0.4) is 0 Å².